The lowest BCUT2D eigenvalue weighted by Crippen LogP contribution is -2.46. The Labute approximate surface area is 221 Å². The highest BCUT2D eigenvalue weighted by Gasteiger charge is 2.25. The molecule has 3 heterocycles. The smallest absolute Gasteiger partial charge is 0.254 e. The minimum absolute atomic E-state index is 0.0172. The van der Waals surface area contributed by atoms with Crippen molar-refractivity contribution in [3.8, 4) is 0 Å². The number of rotatable bonds is 5. The average Bonchev–Trinajstić information content (AvgIpc) is 3.25. The minimum atomic E-state index is -0.315. The lowest BCUT2D eigenvalue weighted by Gasteiger charge is -2.32. The topological polar surface area (TPSA) is 54.5 Å². The van der Waals surface area contributed by atoms with Crippen molar-refractivity contribution < 1.29 is 13.6 Å². The average molecular weight is 515 g/mol. The van der Waals surface area contributed by atoms with Crippen molar-refractivity contribution in [3.63, 3.8) is 0 Å². The van der Waals surface area contributed by atoms with E-state index in [2.05, 4.69) is 6.58 Å². The van der Waals surface area contributed by atoms with E-state index in [0.29, 0.717) is 30.9 Å². The Balaban J connectivity index is 1.46. The molecule has 38 heavy (non-hydrogen) atoms. The normalized spacial score (nSPS) is 18.6. The lowest BCUT2D eigenvalue weighted by atomic mass is 10.0. The monoisotopic (exact) mass is 514 g/mol. The molecular weight excluding hydrogens is 482 g/mol. The van der Waals surface area contributed by atoms with Gasteiger partial charge in [-0.2, -0.15) is 0 Å². The standard InChI is InChI=1S/C31H32F2N4O/c1-20-15-25(31(38)35-13-4-5-28(34)19-35)12-14-36(20)22(3)21(2)29-16-24-8-11-27(33)17-30(24)37(29)18-23-6-9-26(32)10-7-23/h6-12,14-17,28H,1,4-5,13,18-19,34H2,2-3H3/b22-21+. The third kappa shape index (κ3) is 5.07. The quantitative estimate of drug-likeness (QED) is 0.459. The number of carbonyl (C=O) groups is 1. The molecule has 1 atom stereocenters. The van der Waals surface area contributed by atoms with Gasteiger partial charge in [-0.3, -0.25) is 4.79 Å². The first kappa shape index (κ1) is 25.7. The molecule has 2 aliphatic rings. The molecule has 2 N–H and O–H groups in total. The summed E-state index contributed by atoms with van der Waals surface area (Å²) in [6.07, 6.45) is 7.34. The van der Waals surface area contributed by atoms with Crippen LogP contribution in [-0.4, -0.2) is 39.4 Å². The van der Waals surface area contributed by atoms with Crippen molar-refractivity contribution in [2.24, 2.45) is 5.73 Å². The van der Waals surface area contributed by atoms with E-state index < -0.39 is 0 Å². The van der Waals surface area contributed by atoms with Gasteiger partial charge in [-0.15, -0.1) is 0 Å². The van der Waals surface area contributed by atoms with Crippen LogP contribution in [0.15, 0.2) is 90.4 Å². The summed E-state index contributed by atoms with van der Waals surface area (Å²) in [5.74, 6) is -0.643. The molecule has 0 bridgehead atoms. The predicted octanol–water partition coefficient (Wildman–Crippen LogP) is 5.94. The third-order valence-corrected chi connectivity index (χ3v) is 7.44. The number of nitrogens with zero attached hydrogens (tertiary/aromatic N) is 3. The second-order valence-electron chi connectivity index (χ2n) is 10.1. The van der Waals surface area contributed by atoms with Gasteiger partial charge >= 0.3 is 0 Å². The number of benzene rings is 2. The molecule has 3 aromatic rings. The van der Waals surface area contributed by atoms with Gasteiger partial charge in [-0.05, 0) is 86.4 Å². The molecule has 1 saturated heterocycles. The van der Waals surface area contributed by atoms with Crippen LogP contribution >= 0.6 is 0 Å². The van der Waals surface area contributed by atoms with Gasteiger partial charge in [0.15, 0.2) is 0 Å². The van der Waals surface area contributed by atoms with E-state index >= 15 is 0 Å². The van der Waals surface area contributed by atoms with Gasteiger partial charge in [-0.25, -0.2) is 8.78 Å². The molecule has 0 saturated carbocycles. The van der Waals surface area contributed by atoms with Crippen molar-refractivity contribution in [2.75, 3.05) is 13.1 Å². The van der Waals surface area contributed by atoms with Gasteiger partial charge in [0.2, 0.25) is 0 Å². The maximum absolute atomic E-state index is 14.2. The summed E-state index contributed by atoms with van der Waals surface area (Å²) in [6.45, 7) is 9.97. The summed E-state index contributed by atoms with van der Waals surface area (Å²) in [6, 6.07) is 13.1. The Morgan fingerprint density at radius 2 is 1.82 bits per heavy atom. The molecule has 196 valence electrons. The van der Waals surface area contributed by atoms with Crippen LogP contribution < -0.4 is 5.73 Å². The number of carbonyl (C=O) groups excluding carboxylic acids is 1. The summed E-state index contributed by atoms with van der Waals surface area (Å²) in [7, 11) is 0. The predicted molar refractivity (Wildman–Crippen MR) is 148 cm³/mol. The Hall–Kier alpha value is -3.97. The number of hydrogen-bond donors (Lipinski definition) is 1. The summed E-state index contributed by atoms with van der Waals surface area (Å²) < 4.78 is 29.8. The zero-order valence-electron chi connectivity index (χ0n) is 21.8. The lowest BCUT2D eigenvalue weighted by molar-refractivity contribution is -0.127. The van der Waals surface area contributed by atoms with Crippen LogP contribution in [0.3, 0.4) is 0 Å². The zero-order chi connectivity index (χ0) is 27.0. The maximum Gasteiger partial charge on any atom is 0.254 e. The second kappa shape index (κ2) is 10.4. The molecule has 1 unspecified atom stereocenters. The van der Waals surface area contributed by atoms with Crippen LogP contribution in [0.1, 0.15) is 37.9 Å². The van der Waals surface area contributed by atoms with Crippen LogP contribution in [0.2, 0.25) is 0 Å². The Kier molecular flexibility index (Phi) is 7.04. The number of hydrogen-bond acceptors (Lipinski definition) is 3. The van der Waals surface area contributed by atoms with Crippen molar-refractivity contribution in [2.45, 2.75) is 39.3 Å². The molecule has 1 fully saturated rings. The first-order valence-corrected chi connectivity index (χ1v) is 12.9. The Morgan fingerprint density at radius 1 is 1.08 bits per heavy atom. The van der Waals surface area contributed by atoms with E-state index in [1.165, 1.54) is 24.3 Å². The van der Waals surface area contributed by atoms with Crippen LogP contribution in [0.5, 0.6) is 0 Å². The molecule has 2 aromatic carbocycles. The van der Waals surface area contributed by atoms with E-state index in [9.17, 15) is 13.6 Å². The van der Waals surface area contributed by atoms with Crippen molar-refractivity contribution in [3.05, 3.63) is 113 Å². The van der Waals surface area contributed by atoms with Crippen molar-refractivity contribution in [1.82, 2.24) is 14.4 Å². The fraction of sp³-hybridized carbons (Fsp3) is 0.258. The molecule has 0 radical (unpaired) electrons. The van der Waals surface area contributed by atoms with Crippen molar-refractivity contribution in [1.29, 1.82) is 0 Å². The van der Waals surface area contributed by atoms with E-state index in [4.69, 9.17) is 5.73 Å². The maximum atomic E-state index is 14.2. The van der Waals surface area contributed by atoms with Crippen LogP contribution in [0.4, 0.5) is 8.78 Å². The minimum Gasteiger partial charge on any atom is -0.337 e. The van der Waals surface area contributed by atoms with E-state index in [-0.39, 0.29) is 23.6 Å². The SMILES string of the molecule is C=C1C=C(C(=O)N2CCCC(N)C2)C=CN1/C(C)=C(\C)c1cc2ccc(F)cc2n1Cc1ccc(F)cc1. The van der Waals surface area contributed by atoms with Gasteiger partial charge in [0.1, 0.15) is 11.6 Å². The van der Waals surface area contributed by atoms with E-state index in [1.807, 2.05) is 52.6 Å². The summed E-state index contributed by atoms with van der Waals surface area (Å²) in [4.78, 5) is 16.8. The number of likely N-dealkylation sites (tertiary alicyclic amines) is 1. The molecule has 0 spiro atoms. The van der Waals surface area contributed by atoms with E-state index in [0.717, 1.165) is 46.3 Å². The van der Waals surface area contributed by atoms with Crippen molar-refractivity contribution >= 4 is 22.4 Å². The number of fused-ring (bicyclic) bond motifs is 1. The zero-order valence-corrected chi connectivity index (χ0v) is 21.8. The molecule has 1 aromatic heterocycles. The van der Waals surface area contributed by atoms with Crippen LogP contribution in [0.25, 0.3) is 16.5 Å². The first-order valence-electron chi connectivity index (χ1n) is 12.9. The number of nitrogens with two attached hydrogens (primary N) is 1. The summed E-state index contributed by atoms with van der Waals surface area (Å²) in [5, 5.41) is 0.913. The molecule has 0 aliphatic carbocycles. The number of allylic oxidation sites excluding steroid dienone is 3. The fourth-order valence-electron chi connectivity index (χ4n) is 5.23. The largest absolute Gasteiger partial charge is 0.337 e. The van der Waals surface area contributed by atoms with E-state index in [1.54, 1.807) is 18.2 Å². The molecule has 1 amide bonds. The van der Waals surface area contributed by atoms with Crippen LogP contribution in [0, 0.1) is 11.6 Å². The fourth-order valence-corrected chi connectivity index (χ4v) is 5.23. The number of amides is 1. The van der Waals surface area contributed by atoms with Gasteiger partial charge in [0.05, 0.1) is 5.52 Å². The molecular formula is C31H32F2N4O. The number of piperidine rings is 1. The van der Waals surface area contributed by atoms with Crippen LogP contribution in [-0.2, 0) is 11.3 Å². The summed E-state index contributed by atoms with van der Waals surface area (Å²) >= 11 is 0. The highest BCUT2D eigenvalue weighted by Crippen LogP contribution is 2.32. The molecule has 5 rings (SSSR count). The first-order chi connectivity index (χ1) is 18.2. The Bertz CT molecular complexity index is 1500. The van der Waals surface area contributed by atoms with Gasteiger partial charge in [0.25, 0.3) is 5.91 Å². The molecule has 2 aliphatic heterocycles. The third-order valence-electron chi connectivity index (χ3n) is 7.44. The van der Waals surface area contributed by atoms with Gasteiger partial charge < -0.3 is 20.1 Å². The summed E-state index contributed by atoms with van der Waals surface area (Å²) in [5.41, 5.74) is 11.8. The molecule has 7 heteroatoms. The Morgan fingerprint density at radius 3 is 2.53 bits per heavy atom. The number of halogens is 2. The highest BCUT2D eigenvalue weighted by molar-refractivity contribution is 5.97. The second-order valence-corrected chi connectivity index (χ2v) is 10.1. The number of aromatic nitrogens is 1. The highest BCUT2D eigenvalue weighted by atomic mass is 19.1. The van der Waals surface area contributed by atoms with Gasteiger partial charge in [-0.1, -0.05) is 18.7 Å². The molecule has 5 nitrogen and oxygen atoms in total. The van der Waals surface area contributed by atoms with Gasteiger partial charge in [0, 0.05) is 59.9 Å².